The first-order valence-electron chi connectivity index (χ1n) is 6.19. The molecule has 1 atom stereocenters. The highest BCUT2D eigenvalue weighted by atomic mass is 16.5. The summed E-state index contributed by atoms with van der Waals surface area (Å²) in [7, 11) is 2.03. The molecular weight excluding hydrogens is 250 g/mol. The van der Waals surface area contributed by atoms with Crippen LogP contribution in [-0.2, 0) is 0 Å². The summed E-state index contributed by atoms with van der Waals surface area (Å²) in [4.78, 5) is 24.6. The molecule has 1 aromatic rings. The van der Waals surface area contributed by atoms with Crippen molar-refractivity contribution >= 4 is 11.9 Å². The van der Waals surface area contributed by atoms with Gasteiger partial charge in [0.2, 0.25) is 5.76 Å². The number of nitrogens with one attached hydrogen (secondary N) is 1. The molecule has 104 valence electrons. The van der Waals surface area contributed by atoms with Crippen LogP contribution in [0.2, 0.25) is 0 Å². The van der Waals surface area contributed by atoms with Crippen LogP contribution in [0, 0.1) is 0 Å². The predicted octanol–water partition coefficient (Wildman–Crippen LogP) is 0.585. The van der Waals surface area contributed by atoms with Gasteiger partial charge in [-0.05, 0) is 26.8 Å². The van der Waals surface area contributed by atoms with Crippen molar-refractivity contribution in [1.82, 2.24) is 15.4 Å². The van der Waals surface area contributed by atoms with Crippen LogP contribution in [0.4, 0.5) is 0 Å². The molecule has 0 saturated heterocycles. The number of carbonyl (C=O) groups excluding carboxylic acids is 1. The summed E-state index contributed by atoms with van der Waals surface area (Å²) in [5, 5.41) is 14.8. The number of rotatable bonds is 6. The second-order valence-corrected chi connectivity index (χ2v) is 4.84. The van der Waals surface area contributed by atoms with Crippen LogP contribution in [0.3, 0.4) is 0 Å². The minimum absolute atomic E-state index is 0.0151. The van der Waals surface area contributed by atoms with Gasteiger partial charge in [0.15, 0.2) is 5.69 Å². The third-order valence-electron chi connectivity index (χ3n) is 3.33. The average molecular weight is 267 g/mol. The molecule has 1 aromatic heterocycles. The molecule has 0 bridgehead atoms. The first kappa shape index (κ1) is 13.5. The Hall–Kier alpha value is -1.89. The van der Waals surface area contributed by atoms with E-state index in [1.165, 1.54) is 12.8 Å². The number of aromatic carboxylic acids is 1. The summed E-state index contributed by atoms with van der Waals surface area (Å²) < 4.78 is 4.53. The Morgan fingerprint density at radius 3 is 2.84 bits per heavy atom. The summed E-state index contributed by atoms with van der Waals surface area (Å²) in [5.74, 6) is -2.01. The third-order valence-corrected chi connectivity index (χ3v) is 3.33. The number of carboxylic acids is 1. The van der Waals surface area contributed by atoms with Crippen molar-refractivity contribution in [2.75, 3.05) is 13.6 Å². The number of carboxylic acid groups (broad SMARTS) is 1. The number of likely N-dealkylation sites (N-methyl/N-ethyl adjacent to an activating group) is 1. The van der Waals surface area contributed by atoms with E-state index >= 15 is 0 Å². The molecule has 2 N–H and O–H groups in total. The molecule has 7 nitrogen and oxygen atoms in total. The van der Waals surface area contributed by atoms with Crippen LogP contribution in [0.15, 0.2) is 10.6 Å². The highest BCUT2D eigenvalue weighted by Gasteiger charge is 2.29. The highest BCUT2D eigenvalue weighted by Crippen LogP contribution is 2.26. The van der Waals surface area contributed by atoms with Crippen molar-refractivity contribution in [3.8, 4) is 0 Å². The van der Waals surface area contributed by atoms with E-state index in [9.17, 15) is 9.59 Å². The SMILES string of the molecule is CC(CNC(=O)c1cc(C(=O)O)on1)N(C)C1CC1. The van der Waals surface area contributed by atoms with Crippen molar-refractivity contribution in [1.29, 1.82) is 0 Å². The standard InChI is InChI=1S/C12H17N3O4/c1-7(15(2)8-3-4-8)6-13-11(16)9-5-10(12(17)18)19-14-9/h5,7-8H,3-4,6H2,1-2H3,(H,13,16)(H,17,18). The Kier molecular flexibility index (Phi) is 3.84. The minimum Gasteiger partial charge on any atom is -0.475 e. The molecule has 1 aliphatic rings. The molecular formula is C12H17N3O4. The van der Waals surface area contributed by atoms with E-state index in [0.717, 1.165) is 6.07 Å². The van der Waals surface area contributed by atoms with Gasteiger partial charge >= 0.3 is 5.97 Å². The van der Waals surface area contributed by atoms with E-state index in [-0.39, 0.29) is 17.5 Å². The van der Waals surface area contributed by atoms with Gasteiger partial charge in [-0.15, -0.1) is 0 Å². The lowest BCUT2D eigenvalue weighted by atomic mass is 10.2. The Morgan fingerprint density at radius 1 is 1.63 bits per heavy atom. The zero-order chi connectivity index (χ0) is 14.0. The Bertz CT molecular complexity index is 481. The average Bonchev–Trinajstić information content (AvgIpc) is 3.10. The minimum atomic E-state index is -1.24. The molecule has 0 aromatic carbocycles. The fourth-order valence-electron chi connectivity index (χ4n) is 1.80. The first-order chi connectivity index (χ1) is 8.99. The van der Waals surface area contributed by atoms with Gasteiger partial charge in [0.1, 0.15) is 0 Å². The van der Waals surface area contributed by atoms with Crippen LogP contribution in [0.5, 0.6) is 0 Å². The fraction of sp³-hybridized carbons (Fsp3) is 0.583. The predicted molar refractivity (Wildman–Crippen MR) is 66.0 cm³/mol. The van der Waals surface area contributed by atoms with Gasteiger partial charge in [0.25, 0.3) is 5.91 Å². The summed E-state index contributed by atoms with van der Waals surface area (Å²) in [5.41, 5.74) is -0.0151. The van der Waals surface area contributed by atoms with E-state index in [0.29, 0.717) is 12.6 Å². The largest absolute Gasteiger partial charge is 0.475 e. The second-order valence-electron chi connectivity index (χ2n) is 4.84. The quantitative estimate of drug-likeness (QED) is 0.783. The van der Waals surface area contributed by atoms with Gasteiger partial charge < -0.3 is 14.9 Å². The summed E-state index contributed by atoms with van der Waals surface area (Å²) in [6.07, 6.45) is 2.42. The van der Waals surface area contributed by atoms with Gasteiger partial charge in [-0.25, -0.2) is 4.79 Å². The molecule has 19 heavy (non-hydrogen) atoms. The van der Waals surface area contributed by atoms with Gasteiger partial charge in [-0.2, -0.15) is 0 Å². The van der Waals surface area contributed by atoms with Gasteiger partial charge in [0.05, 0.1) is 0 Å². The molecule has 0 spiro atoms. The molecule has 1 fully saturated rings. The van der Waals surface area contributed by atoms with Crippen LogP contribution < -0.4 is 5.32 Å². The zero-order valence-electron chi connectivity index (χ0n) is 10.9. The molecule has 0 radical (unpaired) electrons. The zero-order valence-corrected chi connectivity index (χ0v) is 10.9. The summed E-state index contributed by atoms with van der Waals surface area (Å²) in [6, 6.07) is 1.97. The molecule has 0 aliphatic heterocycles. The lowest BCUT2D eigenvalue weighted by molar-refractivity contribution is 0.0651. The molecule has 1 aliphatic carbocycles. The highest BCUT2D eigenvalue weighted by molar-refractivity contribution is 5.94. The van der Waals surface area contributed by atoms with Crippen molar-refractivity contribution in [2.24, 2.45) is 0 Å². The number of hydrogen-bond donors (Lipinski definition) is 2. The fourth-order valence-corrected chi connectivity index (χ4v) is 1.80. The maximum Gasteiger partial charge on any atom is 0.374 e. The van der Waals surface area contributed by atoms with Crippen molar-refractivity contribution in [2.45, 2.75) is 31.8 Å². The van der Waals surface area contributed by atoms with E-state index in [1.54, 1.807) is 0 Å². The Balaban J connectivity index is 1.84. The Morgan fingerprint density at radius 2 is 2.32 bits per heavy atom. The van der Waals surface area contributed by atoms with Gasteiger partial charge in [0, 0.05) is 24.7 Å². The lowest BCUT2D eigenvalue weighted by Gasteiger charge is -2.24. The topological polar surface area (TPSA) is 95.7 Å². The maximum atomic E-state index is 11.7. The number of amides is 1. The van der Waals surface area contributed by atoms with Crippen molar-refractivity contribution in [3.05, 3.63) is 17.5 Å². The van der Waals surface area contributed by atoms with Crippen LogP contribution in [0.1, 0.15) is 40.8 Å². The first-order valence-corrected chi connectivity index (χ1v) is 6.19. The normalized spacial score (nSPS) is 16.4. The number of aromatic nitrogens is 1. The van der Waals surface area contributed by atoms with E-state index in [1.807, 2.05) is 14.0 Å². The smallest absolute Gasteiger partial charge is 0.374 e. The number of nitrogens with zero attached hydrogens (tertiary/aromatic N) is 2. The van der Waals surface area contributed by atoms with Crippen molar-refractivity contribution < 1.29 is 19.2 Å². The third kappa shape index (κ3) is 3.31. The van der Waals surface area contributed by atoms with E-state index < -0.39 is 11.9 Å². The number of carbonyl (C=O) groups is 2. The maximum absolute atomic E-state index is 11.7. The van der Waals surface area contributed by atoms with Gasteiger partial charge in [-0.1, -0.05) is 5.16 Å². The van der Waals surface area contributed by atoms with Crippen LogP contribution in [-0.4, -0.2) is 52.7 Å². The van der Waals surface area contributed by atoms with E-state index in [4.69, 9.17) is 5.11 Å². The molecule has 1 saturated carbocycles. The molecule has 1 heterocycles. The van der Waals surface area contributed by atoms with Crippen LogP contribution >= 0.6 is 0 Å². The monoisotopic (exact) mass is 267 g/mol. The van der Waals surface area contributed by atoms with E-state index in [2.05, 4.69) is 19.9 Å². The van der Waals surface area contributed by atoms with Crippen LogP contribution in [0.25, 0.3) is 0 Å². The molecule has 2 rings (SSSR count). The second kappa shape index (κ2) is 5.40. The summed E-state index contributed by atoms with van der Waals surface area (Å²) >= 11 is 0. The number of hydrogen-bond acceptors (Lipinski definition) is 5. The Labute approximate surface area is 110 Å². The van der Waals surface area contributed by atoms with Gasteiger partial charge in [-0.3, -0.25) is 9.69 Å². The van der Waals surface area contributed by atoms with Crippen molar-refractivity contribution in [3.63, 3.8) is 0 Å². The lowest BCUT2D eigenvalue weighted by Crippen LogP contribution is -2.41. The molecule has 1 amide bonds. The molecule has 1 unspecified atom stereocenters. The molecule has 7 heteroatoms. The summed E-state index contributed by atoms with van der Waals surface area (Å²) in [6.45, 7) is 2.52.